The monoisotopic (exact) mass is 277 g/mol. The Morgan fingerprint density at radius 3 is 2.50 bits per heavy atom. The molecule has 2 rings (SSSR count). The normalized spacial score (nSPS) is 22.1. The number of benzene rings is 1. The molecule has 4 nitrogen and oxygen atoms in total. The molecule has 0 radical (unpaired) electrons. The van der Waals surface area contributed by atoms with Crippen LogP contribution in [0.15, 0.2) is 24.3 Å². The van der Waals surface area contributed by atoms with Gasteiger partial charge < -0.3 is 14.8 Å². The standard InChI is InChI=1S/C16H23NO3/c1-12-5-3-4-6-15(12)17-16(18)11-20-14-9-7-13(19-2)8-10-14/h7-10,12,15H,3-6,11H2,1-2H3,(H,17,18)/t12-,15-/m0/s1. The van der Waals surface area contributed by atoms with Gasteiger partial charge >= 0.3 is 0 Å². The van der Waals surface area contributed by atoms with Crippen LogP contribution in [0.5, 0.6) is 11.5 Å². The maximum absolute atomic E-state index is 11.9. The molecular formula is C16H23NO3. The van der Waals surface area contributed by atoms with Gasteiger partial charge in [0.15, 0.2) is 6.61 Å². The predicted octanol–water partition coefficient (Wildman–Crippen LogP) is 2.77. The molecule has 4 heteroatoms. The molecule has 0 aliphatic heterocycles. The number of methoxy groups -OCH3 is 1. The first-order valence-corrected chi connectivity index (χ1v) is 7.25. The van der Waals surface area contributed by atoms with E-state index in [-0.39, 0.29) is 12.5 Å². The van der Waals surface area contributed by atoms with Crippen molar-refractivity contribution in [1.29, 1.82) is 0 Å². The minimum absolute atomic E-state index is 0.0421. The lowest BCUT2D eigenvalue weighted by Gasteiger charge is -2.29. The average molecular weight is 277 g/mol. The van der Waals surface area contributed by atoms with Crippen LogP contribution < -0.4 is 14.8 Å². The fraction of sp³-hybridized carbons (Fsp3) is 0.562. The van der Waals surface area contributed by atoms with Crippen LogP contribution in [0, 0.1) is 5.92 Å². The zero-order valence-corrected chi connectivity index (χ0v) is 12.2. The third kappa shape index (κ3) is 4.15. The van der Waals surface area contributed by atoms with E-state index >= 15 is 0 Å². The molecule has 1 fully saturated rings. The summed E-state index contributed by atoms with van der Waals surface area (Å²) in [7, 11) is 1.62. The number of hydrogen-bond acceptors (Lipinski definition) is 3. The number of carbonyl (C=O) groups excluding carboxylic acids is 1. The number of amides is 1. The summed E-state index contributed by atoms with van der Waals surface area (Å²) in [4.78, 5) is 11.9. The van der Waals surface area contributed by atoms with Gasteiger partial charge in [0.2, 0.25) is 0 Å². The molecule has 0 bridgehead atoms. The van der Waals surface area contributed by atoms with Gasteiger partial charge in [-0.3, -0.25) is 4.79 Å². The second kappa shape index (κ2) is 7.17. The molecule has 0 spiro atoms. The largest absolute Gasteiger partial charge is 0.497 e. The van der Waals surface area contributed by atoms with Gasteiger partial charge in [0.1, 0.15) is 11.5 Å². The highest BCUT2D eigenvalue weighted by Gasteiger charge is 2.22. The van der Waals surface area contributed by atoms with Crippen molar-refractivity contribution >= 4 is 5.91 Å². The highest BCUT2D eigenvalue weighted by molar-refractivity contribution is 5.77. The van der Waals surface area contributed by atoms with E-state index in [2.05, 4.69) is 12.2 Å². The van der Waals surface area contributed by atoms with E-state index in [0.717, 1.165) is 12.2 Å². The van der Waals surface area contributed by atoms with Crippen molar-refractivity contribution in [1.82, 2.24) is 5.32 Å². The average Bonchev–Trinajstić information content (AvgIpc) is 2.48. The summed E-state index contributed by atoms with van der Waals surface area (Å²) in [6, 6.07) is 7.54. The van der Waals surface area contributed by atoms with Crippen molar-refractivity contribution in [2.75, 3.05) is 13.7 Å². The van der Waals surface area contributed by atoms with Crippen molar-refractivity contribution in [2.45, 2.75) is 38.6 Å². The molecule has 1 aromatic carbocycles. The smallest absolute Gasteiger partial charge is 0.258 e. The van der Waals surface area contributed by atoms with Gasteiger partial charge in [-0.2, -0.15) is 0 Å². The topological polar surface area (TPSA) is 47.6 Å². The minimum atomic E-state index is -0.0421. The molecule has 2 atom stereocenters. The minimum Gasteiger partial charge on any atom is -0.497 e. The molecule has 0 unspecified atom stereocenters. The van der Waals surface area contributed by atoms with Crippen LogP contribution in [0.25, 0.3) is 0 Å². The first kappa shape index (κ1) is 14.7. The summed E-state index contributed by atoms with van der Waals surface area (Å²) in [5, 5.41) is 3.07. The summed E-state index contributed by atoms with van der Waals surface area (Å²) in [5.41, 5.74) is 0. The Morgan fingerprint density at radius 1 is 1.20 bits per heavy atom. The summed E-state index contributed by atoms with van der Waals surface area (Å²) in [6.07, 6.45) is 4.75. The van der Waals surface area contributed by atoms with E-state index in [9.17, 15) is 4.79 Å². The molecule has 20 heavy (non-hydrogen) atoms. The zero-order valence-electron chi connectivity index (χ0n) is 12.2. The highest BCUT2D eigenvalue weighted by Crippen LogP contribution is 2.23. The van der Waals surface area contributed by atoms with Crippen LogP contribution in [0.1, 0.15) is 32.6 Å². The molecule has 1 aromatic rings. The lowest BCUT2D eigenvalue weighted by Crippen LogP contribution is -2.43. The number of nitrogens with one attached hydrogen (secondary N) is 1. The van der Waals surface area contributed by atoms with Gasteiger partial charge in [-0.1, -0.05) is 19.8 Å². The van der Waals surface area contributed by atoms with Crippen LogP contribution in [0.3, 0.4) is 0 Å². The second-order valence-corrected chi connectivity index (χ2v) is 5.40. The van der Waals surface area contributed by atoms with Gasteiger partial charge in [0.05, 0.1) is 7.11 Å². The lowest BCUT2D eigenvalue weighted by molar-refractivity contribution is -0.124. The van der Waals surface area contributed by atoms with E-state index in [1.165, 1.54) is 19.3 Å². The molecule has 1 N–H and O–H groups in total. The van der Waals surface area contributed by atoms with E-state index in [0.29, 0.717) is 17.7 Å². The Labute approximate surface area is 120 Å². The summed E-state index contributed by atoms with van der Waals surface area (Å²) >= 11 is 0. The Hall–Kier alpha value is -1.71. The first-order chi connectivity index (χ1) is 9.69. The molecule has 0 saturated heterocycles. The summed E-state index contributed by atoms with van der Waals surface area (Å²) in [6.45, 7) is 2.27. The van der Waals surface area contributed by atoms with Gasteiger partial charge in [0.25, 0.3) is 5.91 Å². The van der Waals surface area contributed by atoms with Crippen LogP contribution in [0.2, 0.25) is 0 Å². The van der Waals surface area contributed by atoms with Gasteiger partial charge in [-0.15, -0.1) is 0 Å². The number of rotatable bonds is 5. The Bertz CT molecular complexity index is 430. The number of hydrogen-bond donors (Lipinski definition) is 1. The summed E-state index contributed by atoms with van der Waals surface area (Å²) < 4.78 is 10.5. The van der Waals surface area contributed by atoms with Crippen LogP contribution in [0.4, 0.5) is 0 Å². The highest BCUT2D eigenvalue weighted by atomic mass is 16.5. The number of ether oxygens (including phenoxy) is 2. The Kier molecular flexibility index (Phi) is 5.27. The maximum Gasteiger partial charge on any atom is 0.258 e. The molecule has 110 valence electrons. The van der Waals surface area contributed by atoms with Crippen molar-refractivity contribution in [2.24, 2.45) is 5.92 Å². The van der Waals surface area contributed by atoms with E-state index in [4.69, 9.17) is 9.47 Å². The fourth-order valence-electron chi connectivity index (χ4n) is 2.60. The van der Waals surface area contributed by atoms with Crippen LogP contribution in [-0.2, 0) is 4.79 Å². The maximum atomic E-state index is 11.9. The summed E-state index contributed by atoms with van der Waals surface area (Å²) in [5.74, 6) is 1.98. The van der Waals surface area contributed by atoms with Gasteiger partial charge in [-0.25, -0.2) is 0 Å². The zero-order chi connectivity index (χ0) is 14.4. The van der Waals surface area contributed by atoms with Gasteiger partial charge in [-0.05, 0) is 43.0 Å². The van der Waals surface area contributed by atoms with Gasteiger partial charge in [0, 0.05) is 6.04 Å². The van der Waals surface area contributed by atoms with E-state index in [1.54, 1.807) is 19.2 Å². The molecule has 0 heterocycles. The number of carbonyl (C=O) groups is 1. The predicted molar refractivity (Wildman–Crippen MR) is 78.1 cm³/mol. The third-order valence-corrected chi connectivity index (χ3v) is 3.89. The molecule has 1 saturated carbocycles. The molecule has 1 aliphatic rings. The quantitative estimate of drug-likeness (QED) is 0.900. The van der Waals surface area contributed by atoms with Crippen molar-refractivity contribution in [3.8, 4) is 11.5 Å². The van der Waals surface area contributed by atoms with Crippen LogP contribution >= 0.6 is 0 Å². The SMILES string of the molecule is COc1ccc(OCC(=O)N[C@H]2CCCC[C@@H]2C)cc1. The Morgan fingerprint density at radius 2 is 1.85 bits per heavy atom. The molecule has 0 aromatic heterocycles. The van der Waals surface area contributed by atoms with Crippen molar-refractivity contribution in [3.63, 3.8) is 0 Å². The third-order valence-electron chi connectivity index (χ3n) is 3.89. The van der Waals surface area contributed by atoms with Crippen molar-refractivity contribution in [3.05, 3.63) is 24.3 Å². The second-order valence-electron chi connectivity index (χ2n) is 5.40. The van der Waals surface area contributed by atoms with Crippen LogP contribution in [-0.4, -0.2) is 25.7 Å². The molecular weight excluding hydrogens is 254 g/mol. The van der Waals surface area contributed by atoms with Crippen molar-refractivity contribution < 1.29 is 14.3 Å². The Balaban J connectivity index is 1.76. The molecule has 1 amide bonds. The molecule has 1 aliphatic carbocycles. The lowest BCUT2D eigenvalue weighted by atomic mass is 9.86. The first-order valence-electron chi connectivity index (χ1n) is 7.25. The van der Waals surface area contributed by atoms with E-state index in [1.807, 2.05) is 12.1 Å². The fourth-order valence-corrected chi connectivity index (χ4v) is 2.60. The van der Waals surface area contributed by atoms with E-state index < -0.39 is 0 Å².